The summed E-state index contributed by atoms with van der Waals surface area (Å²) in [6.07, 6.45) is 1.43. The number of amides is 3. The van der Waals surface area contributed by atoms with Crippen molar-refractivity contribution in [3.8, 4) is 0 Å². The molecular formula is C21H21ClN4O2. The van der Waals surface area contributed by atoms with Crippen LogP contribution in [0.3, 0.4) is 0 Å². The van der Waals surface area contributed by atoms with E-state index in [1.807, 2.05) is 42.5 Å². The van der Waals surface area contributed by atoms with Gasteiger partial charge in [-0.2, -0.15) is 0 Å². The number of fused-ring (bicyclic) bond motifs is 1. The lowest BCUT2D eigenvalue weighted by Gasteiger charge is -2.32. The summed E-state index contributed by atoms with van der Waals surface area (Å²) in [6.45, 7) is 1.20. The molecule has 3 N–H and O–H groups in total. The largest absolute Gasteiger partial charge is 0.350 e. The number of nitrogens with one attached hydrogen (secondary N) is 3. The summed E-state index contributed by atoms with van der Waals surface area (Å²) >= 11 is 6.18. The van der Waals surface area contributed by atoms with E-state index in [0.717, 1.165) is 29.4 Å². The summed E-state index contributed by atoms with van der Waals surface area (Å²) in [4.78, 5) is 29.8. The molecule has 28 heavy (non-hydrogen) atoms. The molecule has 2 aromatic carbocycles. The van der Waals surface area contributed by atoms with Gasteiger partial charge in [0.15, 0.2) is 0 Å². The van der Waals surface area contributed by atoms with Crippen molar-refractivity contribution in [1.29, 1.82) is 0 Å². The number of hydrogen-bond donors (Lipinski definition) is 3. The van der Waals surface area contributed by atoms with E-state index in [-0.39, 0.29) is 18.0 Å². The molecular weight excluding hydrogens is 376 g/mol. The first-order chi connectivity index (χ1) is 13.6. The third-order valence-corrected chi connectivity index (χ3v) is 5.33. The van der Waals surface area contributed by atoms with Gasteiger partial charge < -0.3 is 20.5 Å². The molecule has 0 atom stereocenters. The van der Waals surface area contributed by atoms with Gasteiger partial charge in [-0.05, 0) is 43.2 Å². The number of urea groups is 1. The zero-order valence-electron chi connectivity index (χ0n) is 15.2. The van der Waals surface area contributed by atoms with Crippen LogP contribution in [-0.2, 0) is 0 Å². The Morgan fingerprint density at radius 2 is 1.79 bits per heavy atom. The average Bonchev–Trinajstić information content (AvgIpc) is 3.15. The number of aromatic amines is 1. The SMILES string of the molecule is O=C(NC1CCN(C(=O)Nc2ccccc2)CC1)c1cc2c(Cl)cccc2[nH]1. The molecule has 1 aliphatic heterocycles. The number of benzene rings is 2. The summed E-state index contributed by atoms with van der Waals surface area (Å²) in [5, 5.41) is 7.40. The van der Waals surface area contributed by atoms with E-state index >= 15 is 0 Å². The fourth-order valence-electron chi connectivity index (χ4n) is 3.45. The van der Waals surface area contributed by atoms with Gasteiger partial charge in [-0.25, -0.2) is 4.79 Å². The van der Waals surface area contributed by atoms with Gasteiger partial charge in [0.2, 0.25) is 0 Å². The van der Waals surface area contributed by atoms with Crippen molar-refractivity contribution in [1.82, 2.24) is 15.2 Å². The fraction of sp³-hybridized carbons (Fsp3) is 0.238. The minimum absolute atomic E-state index is 0.0372. The van der Waals surface area contributed by atoms with Crippen molar-refractivity contribution < 1.29 is 9.59 Å². The molecule has 4 rings (SSSR count). The van der Waals surface area contributed by atoms with Gasteiger partial charge in [0.05, 0.1) is 0 Å². The molecule has 1 fully saturated rings. The van der Waals surface area contributed by atoms with E-state index in [2.05, 4.69) is 15.6 Å². The van der Waals surface area contributed by atoms with Crippen LogP contribution >= 0.6 is 11.6 Å². The Morgan fingerprint density at radius 1 is 1.04 bits per heavy atom. The second-order valence-electron chi connectivity index (χ2n) is 6.92. The highest BCUT2D eigenvalue weighted by Crippen LogP contribution is 2.24. The third-order valence-electron chi connectivity index (χ3n) is 5.00. The molecule has 144 valence electrons. The number of carbonyl (C=O) groups excluding carboxylic acids is 2. The first-order valence-electron chi connectivity index (χ1n) is 9.29. The molecule has 3 aromatic rings. The van der Waals surface area contributed by atoms with Crippen molar-refractivity contribution in [3.05, 3.63) is 65.3 Å². The normalized spacial score (nSPS) is 14.8. The topological polar surface area (TPSA) is 77.2 Å². The highest BCUT2D eigenvalue weighted by atomic mass is 35.5. The van der Waals surface area contributed by atoms with Crippen molar-refractivity contribution in [2.45, 2.75) is 18.9 Å². The molecule has 0 spiro atoms. The highest BCUT2D eigenvalue weighted by Gasteiger charge is 2.24. The molecule has 1 saturated heterocycles. The van der Waals surface area contributed by atoms with Crippen LogP contribution in [0, 0.1) is 0 Å². The highest BCUT2D eigenvalue weighted by molar-refractivity contribution is 6.35. The Balaban J connectivity index is 1.31. The van der Waals surface area contributed by atoms with Crippen LogP contribution in [-0.4, -0.2) is 41.0 Å². The molecule has 0 aliphatic carbocycles. The van der Waals surface area contributed by atoms with Crippen LogP contribution < -0.4 is 10.6 Å². The first kappa shape index (κ1) is 18.4. The summed E-state index contributed by atoms with van der Waals surface area (Å²) in [5.74, 6) is -0.153. The molecule has 1 aliphatic rings. The molecule has 3 amide bonds. The molecule has 0 saturated carbocycles. The number of hydrogen-bond acceptors (Lipinski definition) is 2. The number of anilines is 1. The van der Waals surface area contributed by atoms with Gasteiger partial charge in [0.25, 0.3) is 5.91 Å². The number of aromatic nitrogens is 1. The molecule has 7 heteroatoms. The van der Waals surface area contributed by atoms with Gasteiger partial charge in [-0.15, -0.1) is 0 Å². The maximum Gasteiger partial charge on any atom is 0.321 e. The van der Waals surface area contributed by atoms with E-state index in [4.69, 9.17) is 11.6 Å². The van der Waals surface area contributed by atoms with E-state index in [1.165, 1.54) is 0 Å². The lowest BCUT2D eigenvalue weighted by Crippen LogP contribution is -2.47. The lowest BCUT2D eigenvalue weighted by atomic mass is 10.1. The number of H-pyrrole nitrogens is 1. The molecule has 6 nitrogen and oxygen atoms in total. The Hall–Kier alpha value is -2.99. The summed E-state index contributed by atoms with van der Waals surface area (Å²) in [5.41, 5.74) is 2.11. The summed E-state index contributed by atoms with van der Waals surface area (Å²) in [7, 11) is 0. The van der Waals surface area contributed by atoms with Crippen molar-refractivity contribution in [3.63, 3.8) is 0 Å². The van der Waals surface area contributed by atoms with Gasteiger partial charge in [0.1, 0.15) is 5.69 Å². The predicted octanol–water partition coefficient (Wildman–Crippen LogP) is 4.25. The van der Waals surface area contributed by atoms with Crippen LogP contribution in [0.4, 0.5) is 10.5 Å². The molecule has 2 heterocycles. The van der Waals surface area contributed by atoms with Crippen molar-refractivity contribution in [2.75, 3.05) is 18.4 Å². The van der Waals surface area contributed by atoms with Gasteiger partial charge in [-0.1, -0.05) is 35.9 Å². The van der Waals surface area contributed by atoms with Gasteiger partial charge >= 0.3 is 6.03 Å². The Morgan fingerprint density at radius 3 is 2.50 bits per heavy atom. The zero-order chi connectivity index (χ0) is 19.5. The van der Waals surface area contributed by atoms with Crippen LogP contribution in [0.2, 0.25) is 5.02 Å². The third kappa shape index (κ3) is 3.97. The number of rotatable bonds is 3. The number of carbonyl (C=O) groups is 2. The van der Waals surface area contributed by atoms with Gasteiger partial charge in [-0.3, -0.25) is 4.79 Å². The number of nitrogens with zero attached hydrogens (tertiary/aromatic N) is 1. The fourth-order valence-corrected chi connectivity index (χ4v) is 3.68. The van der Waals surface area contributed by atoms with Crippen LogP contribution in [0.5, 0.6) is 0 Å². The molecule has 0 radical (unpaired) electrons. The smallest absolute Gasteiger partial charge is 0.321 e. The Bertz CT molecular complexity index is 994. The summed E-state index contributed by atoms with van der Waals surface area (Å²) < 4.78 is 0. The van der Waals surface area contributed by atoms with Crippen LogP contribution in [0.15, 0.2) is 54.6 Å². The summed E-state index contributed by atoms with van der Waals surface area (Å²) in [6, 6.07) is 16.6. The first-order valence-corrected chi connectivity index (χ1v) is 9.67. The average molecular weight is 397 g/mol. The Labute approximate surface area is 167 Å². The maximum atomic E-state index is 12.6. The van der Waals surface area contributed by atoms with E-state index in [9.17, 15) is 9.59 Å². The minimum Gasteiger partial charge on any atom is -0.350 e. The van der Waals surface area contributed by atoms with Crippen LogP contribution in [0.25, 0.3) is 10.9 Å². The van der Waals surface area contributed by atoms with Gasteiger partial charge in [0, 0.05) is 40.7 Å². The quantitative estimate of drug-likeness (QED) is 0.619. The molecule has 1 aromatic heterocycles. The minimum atomic E-state index is -0.153. The lowest BCUT2D eigenvalue weighted by molar-refractivity contribution is 0.0915. The standard InChI is InChI=1S/C21H21ClN4O2/c22-17-7-4-8-18-16(17)13-19(25-18)20(27)23-15-9-11-26(12-10-15)21(28)24-14-5-2-1-3-6-14/h1-8,13,15,25H,9-12H2,(H,23,27)(H,24,28). The second-order valence-corrected chi connectivity index (χ2v) is 7.32. The van der Waals surface area contributed by atoms with E-state index < -0.39 is 0 Å². The Kier molecular flexibility index (Phi) is 5.21. The van der Waals surface area contributed by atoms with E-state index in [0.29, 0.717) is 23.8 Å². The van der Waals surface area contributed by atoms with Crippen molar-refractivity contribution >= 4 is 40.1 Å². The molecule has 0 unspecified atom stereocenters. The number of para-hydroxylation sites is 1. The van der Waals surface area contributed by atoms with Crippen LogP contribution in [0.1, 0.15) is 23.3 Å². The maximum absolute atomic E-state index is 12.6. The monoisotopic (exact) mass is 396 g/mol. The number of halogens is 1. The number of likely N-dealkylation sites (tertiary alicyclic amines) is 1. The van der Waals surface area contributed by atoms with E-state index in [1.54, 1.807) is 17.0 Å². The van der Waals surface area contributed by atoms with Crippen molar-refractivity contribution in [2.24, 2.45) is 0 Å². The zero-order valence-corrected chi connectivity index (χ0v) is 16.0. The molecule has 0 bridgehead atoms. The second kappa shape index (κ2) is 7.94. The predicted molar refractivity (Wildman–Crippen MR) is 111 cm³/mol. The number of piperidine rings is 1.